The van der Waals surface area contributed by atoms with E-state index in [1.54, 1.807) is 6.92 Å². The molecule has 5 nitrogen and oxygen atoms in total. The molecule has 0 unspecified atom stereocenters. The highest BCUT2D eigenvalue weighted by atomic mass is 35.5. The summed E-state index contributed by atoms with van der Waals surface area (Å²) in [6.45, 7) is 1.91. The van der Waals surface area contributed by atoms with Gasteiger partial charge in [0, 0.05) is 6.07 Å². The quantitative estimate of drug-likeness (QED) is 0.349. The van der Waals surface area contributed by atoms with Gasteiger partial charge in [-0.1, -0.05) is 11.6 Å². The van der Waals surface area contributed by atoms with E-state index in [9.17, 15) is 9.59 Å². The number of carbonyl (C=O) groups is 2. The van der Waals surface area contributed by atoms with E-state index in [0.717, 1.165) is 0 Å². The molecule has 0 aliphatic rings. The van der Waals surface area contributed by atoms with E-state index in [-0.39, 0.29) is 23.7 Å². The van der Waals surface area contributed by atoms with Crippen molar-refractivity contribution in [2.45, 2.75) is 13.3 Å². The Hall–Kier alpha value is -1.62. The maximum Gasteiger partial charge on any atom is 0.313 e. The van der Waals surface area contributed by atoms with Crippen molar-refractivity contribution in [3.05, 3.63) is 22.8 Å². The minimum absolute atomic E-state index is 0.0126. The average Bonchev–Trinajstić information content (AvgIpc) is 2.28. The number of aromatic nitrogens is 1. The van der Waals surface area contributed by atoms with Gasteiger partial charge in [0.15, 0.2) is 5.78 Å². The van der Waals surface area contributed by atoms with Gasteiger partial charge in [0.05, 0.1) is 19.3 Å². The predicted octanol–water partition coefficient (Wildman–Crippen LogP) is 1.88. The summed E-state index contributed by atoms with van der Waals surface area (Å²) in [7, 11) is 1.44. The van der Waals surface area contributed by atoms with Crippen molar-refractivity contribution in [1.29, 1.82) is 0 Å². The Balaban J connectivity index is 2.79. The molecular formula is C11H12ClNO4. The molecule has 0 radical (unpaired) electrons. The van der Waals surface area contributed by atoms with Gasteiger partial charge in [-0.3, -0.25) is 9.59 Å². The van der Waals surface area contributed by atoms with E-state index >= 15 is 0 Å². The first-order chi connectivity index (χ1) is 8.08. The third-order valence-electron chi connectivity index (χ3n) is 1.94. The summed E-state index contributed by atoms with van der Waals surface area (Å²) in [6, 6.07) is 2.97. The van der Waals surface area contributed by atoms with Crippen molar-refractivity contribution in [2.24, 2.45) is 0 Å². The Labute approximate surface area is 104 Å². The molecule has 92 valence electrons. The second-order valence-electron chi connectivity index (χ2n) is 3.10. The van der Waals surface area contributed by atoms with Gasteiger partial charge >= 0.3 is 5.97 Å². The highest BCUT2D eigenvalue weighted by Gasteiger charge is 2.16. The molecule has 17 heavy (non-hydrogen) atoms. The Morgan fingerprint density at radius 3 is 2.65 bits per heavy atom. The average molecular weight is 258 g/mol. The molecule has 0 aliphatic heterocycles. The first-order valence-corrected chi connectivity index (χ1v) is 5.35. The van der Waals surface area contributed by atoms with Crippen molar-refractivity contribution in [2.75, 3.05) is 13.7 Å². The van der Waals surface area contributed by atoms with Crippen LogP contribution in [0.3, 0.4) is 0 Å². The number of halogens is 1. The van der Waals surface area contributed by atoms with E-state index in [1.807, 2.05) is 0 Å². The van der Waals surface area contributed by atoms with Gasteiger partial charge in [-0.2, -0.15) is 0 Å². The molecule has 1 heterocycles. The van der Waals surface area contributed by atoms with Crippen LogP contribution in [-0.4, -0.2) is 30.5 Å². The summed E-state index contributed by atoms with van der Waals surface area (Å²) in [6.07, 6.45) is -0.346. The first-order valence-electron chi connectivity index (χ1n) is 4.97. The molecule has 1 aromatic rings. The lowest BCUT2D eigenvalue weighted by atomic mass is 10.1. The fraction of sp³-hybridized carbons (Fsp3) is 0.364. The van der Waals surface area contributed by atoms with Gasteiger partial charge in [0.2, 0.25) is 5.88 Å². The number of ketones is 1. The summed E-state index contributed by atoms with van der Waals surface area (Å²) in [4.78, 5) is 26.7. The molecule has 0 amide bonds. The van der Waals surface area contributed by atoms with Gasteiger partial charge in [-0.25, -0.2) is 4.98 Å². The van der Waals surface area contributed by atoms with Crippen LogP contribution in [0.15, 0.2) is 12.1 Å². The number of Topliss-reactive ketones (excluding diaryl/α,β-unsaturated/α-hetero) is 1. The van der Waals surface area contributed by atoms with Crippen molar-refractivity contribution in [3.8, 4) is 5.88 Å². The number of hydrogen-bond acceptors (Lipinski definition) is 5. The van der Waals surface area contributed by atoms with Crippen molar-refractivity contribution in [1.82, 2.24) is 4.98 Å². The van der Waals surface area contributed by atoms with Crippen LogP contribution in [0.25, 0.3) is 0 Å². The van der Waals surface area contributed by atoms with Crippen LogP contribution in [0.5, 0.6) is 5.88 Å². The van der Waals surface area contributed by atoms with Gasteiger partial charge in [-0.15, -0.1) is 0 Å². The van der Waals surface area contributed by atoms with E-state index < -0.39 is 11.8 Å². The molecule has 0 atom stereocenters. The normalized spacial score (nSPS) is 9.82. The molecule has 0 fully saturated rings. The van der Waals surface area contributed by atoms with Crippen LogP contribution in [0.2, 0.25) is 5.15 Å². The minimum Gasteiger partial charge on any atom is -0.481 e. The second-order valence-corrected chi connectivity index (χ2v) is 3.45. The van der Waals surface area contributed by atoms with Crippen LogP contribution in [0, 0.1) is 0 Å². The molecule has 1 rings (SSSR count). The maximum atomic E-state index is 11.7. The topological polar surface area (TPSA) is 65.5 Å². The Bertz CT molecular complexity index is 433. The molecule has 0 spiro atoms. The molecule has 0 N–H and O–H groups in total. The van der Waals surface area contributed by atoms with Crippen LogP contribution in [0.4, 0.5) is 0 Å². The van der Waals surface area contributed by atoms with E-state index in [0.29, 0.717) is 5.88 Å². The Morgan fingerprint density at radius 1 is 1.41 bits per heavy atom. The highest BCUT2D eigenvalue weighted by molar-refractivity contribution is 6.33. The summed E-state index contributed by atoms with van der Waals surface area (Å²) in [5.41, 5.74) is 0.181. The third-order valence-corrected chi connectivity index (χ3v) is 2.23. The van der Waals surface area contributed by atoms with Crippen LogP contribution >= 0.6 is 11.6 Å². The number of esters is 1. The fourth-order valence-corrected chi connectivity index (χ4v) is 1.43. The van der Waals surface area contributed by atoms with Gasteiger partial charge in [-0.05, 0) is 13.0 Å². The molecule has 0 aliphatic carbocycles. The Morgan fingerprint density at radius 2 is 2.12 bits per heavy atom. The smallest absolute Gasteiger partial charge is 0.313 e. The SMILES string of the molecule is CCOC(=O)CC(=O)c1ccc(OC)nc1Cl. The second kappa shape index (κ2) is 6.20. The van der Waals surface area contributed by atoms with Crippen molar-refractivity contribution < 1.29 is 19.1 Å². The van der Waals surface area contributed by atoms with Crippen molar-refractivity contribution >= 4 is 23.4 Å². The third kappa shape index (κ3) is 3.71. The number of hydrogen-bond donors (Lipinski definition) is 0. The number of ether oxygens (including phenoxy) is 2. The molecule has 0 bridgehead atoms. The highest BCUT2D eigenvalue weighted by Crippen LogP contribution is 2.19. The maximum absolute atomic E-state index is 11.7. The molecule has 0 aromatic carbocycles. The number of pyridine rings is 1. The lowest BCUT2D eigenvalue weighted by molar-refractivity contribution is -0.141. The Kier molecular flexibility index (Phi) is 4.90. The minimum atomic E-state index is -0.579. The van der Waals surface area contributed by atoms with Gasteiger partial charge < -0.3 is 9.47 Å². The lowest BCUT2D eigenvalue weighted by Crippen LogP contribution is -2.12. The summed E-state index contributed by atoms with van der Waals surface area (Å²) in [5.74, 6) is -0.698. The van der Waals surface area contributed by atoms with Crippen LogP contribution in [0.1, 0.15) is 23.7 Å². The molecule has 1 aromatic heterocycles. The zero-order chi connectivity index (χ0) is 12.8. The first kappa shape index (κ1) is 13.4. The fourth-order valence-electron chi connectivity index (χ4n) is 1.18. The number of rotatable bonds is 5. The molecule has 6 heteroatoms. The van der Waals surface area contributed by atoms with Crippen molar-refractivity contribution in [3.63, 3.8) is 0 Å². The van der Waals surface area contributed by atoms with E-state index in [2.05, 4.69) is 9.72 Å². The predicted molar refractivity (Wildman–Crippen MR) is 61.4 cm³/mol. The largest absolute Gasteiger partial charge is 0.481 e. The molecule has 0 saturated carbocycles. The zero-order valence-electron chi connectivity index (χ0n) is 9.53. The molecule has 0 saturated heterocycles. The summed E-state index contributed by atoms with van der Waals surface area (Å²) < 4.78 is 9.52. The zero-order valence-corrected chi connectivity index (χ0v) is 10.3. The van der Waals surface area contributed by atoms with Crippen LogP contribution < -0.4 is 4.74 Å². The monoisotopic (exact) mass is 257 g/mol. The van der Waals surface area contributed by atoms with E-state index in [4.69, 9.17) is 16.3 Å². The summed E-state index contributed by atoms with van der Waals surface area (Å²) >= 11 is 5.80. The van der Waals surface area contributed by atoms with Gasteiger partial charge in [0.1, 0.15) is 11.6 Å². The van der Waals surface area contributed by atoms with E-state index in [1.165, 1.54) is 19.2 Å². The summed E-state index contributed by atoms with van der Waals surface area (Å²) in [5, 5.41) is 0.0126. The molecular weight excluding hydrogens is 246 g/mol. The van der Waals surface area contributed by atoms with Crippen LogP contribution in [-0.2, 0) is 9.53 Å². The number of methoxy groups -OCH3 is 1. The lowest BCUT2D eigenvalue weighted by Gasteiger charge is -2.04. The van der Waals surface area contributed by atoms with Gasteiger partial charge in [0.25, 0.3) is 0 Å². The number of carbonyl (C=O) groups excluding carboxylic acids is 2. The standard InChI is InChI=1S/C11H12ClNO4/c1-3-17-10(15)6-8(14)7-4-5-9(16-2)13-11(7)12/h4-5H,3,6H2,1-2H3. The number of nitrogens with zero attached hydrogens (tertiary/aromatic N) is 1.